The van der Waals surface area contributed by atoms with Gasteiger partial charge in [0.25, 0.3) is 0 Å². The topological polar surface area (TPSA) is 44.5 Å². The molecule has 1 aliphatic rings. The fourth-order valence-electron chi connectivity index (χ4n) is 2.53. The first-order chi connectivity index (χ1) is 9.15. The Morgan fingerprint density at radius 3 is 2.63 bits per heavy atom. The van der Waals surface area contributed by atoms with Crippen molar-refractivity contribution in [2.45, 2.75) is 44.6 Å². The van der Waals surface area contributed by atoms with E-state index in [1.165, 1.54) is 12.8 Å². The van der Waals surface area contributed by atoms with E-state index in [9.17, 15) is 0 Å². The van der Waals surface area contributed by atoms with E-state index in [2.05, 4.69) is 28.9 Å². The molecule has 0 aromatic heterocycles. The van der Waals surface area contributed by atoms with Crippen molar-refractivity contribution < 1.29 is 9.47 Å². The van der Waals surface area contributed by atoms with E-state index < -0.39 is 0 Å². The maximum atomic E-state index is 6.21. The SMILES string of the molecule is COc1cc(Br)cc(C(C)CN)c1OC1CCCC1. The van der Waals surface area contributed by atoms with Crippen molar-refractivity contribution in [1.82, 2.24) is 0 Å². The average Bonchev–Trinajstić information content (AvgIpc) is 2.92. The van der Waals surface area contributed by atoms with Gasteiger partial charge in [-0.15, -0.1) is 0 Å². The van der Waals surface area contributed by atoms with Crippen LogP contribution in [0.3, 0.4) is 0 Å². The van der Waals surface area contributed by atoms with Crippen molar-refractivity contribution in [2.24, 2.45) is 5.73 Å². The zero-order chi connectivity index (χ0) is 13.8. The molecular formula is C15H22BrNO2. The molecule has 1 fully saturated rings. The molecule has 0 amide bonds. The van der Waals surface area contributed by atoms with Gasteiger partial charge in [0, 0.05) is 10.0 Å². The smallest absolute Gasteiger partial charge is 0.165 e. The molecule has 0 heterocycles. The van der Waals surface area contributed by atoms with Crippen LogP contribution in [0.1, 0.15) is 44.1 Å². The van der Waals surface area contributed by atoms with E-state index in [1.807, 2.05) is 6.07 Å². The number of rotatable bonds is 5. The first-order valence-corrected chi connectivity index (χ1v) is 7.69. The van der Waals surface area contributed by atoms with Gasteiger partial charge in [-0.1, -0.05) is 22.9 Å². The molecule has 1 saturated carbocycles. The highest BCUT2D eigenvalue weighted by Gasteiger charge is 2.22. The maximum Gasteiger partial charge on any atom is 0.165 e. The van der Waals surface area contributed by atoms with Crippen LogP contribution in [-0.2, 0) is 0 Å². The Bertz CT molecular complexity index is 430. The van der Waals surface area contributed by atoms with Crippen LogP contribution < -0.4 is 15.2 Å². The van der Waals surface area contributed by atoms with Gasteiger partial charge in [-0.05, 0) is 50.3 Å². The molecule has 106 valence electrons. The molecule has 3 nitrogen and oxygen atoms in total. The van der Waals surface area contributed by atoms with E-state index in [1.54, 1.807) is 7.11 Å². The van der Waals surface area contributed by atoms with Gasteiger partial charge in [-0.25, -0.2) is 0 Å². The molecule has 0 spiro atoms. The second kappa shape index (κ2) is 6.62. The Kier molecular flexibility index (Phi) is 5.11. The standard InChI is InChI=1S/C15H22BrNO2/c1-10(9-17)13-7-11(16)8-14(18-2)15(13)19-12-5-3-4-6-12/h7-8,10,12H,3-6,9,17H2,1-2H3. The van der Waals surface area contributed by atoms with Gasteiger partial charge in [0.2, 0.25) is 0 Å². The van der Waals surface area contributed by atoms with E-state index in [-0.39, 0.29) is 5.92 Å². The minimum Gasteiger partial charge on any atom is -0.493 e. The summed E-state index contributed by atoms with van der Waals surface area (Å²) in [5.74, 6) is 1.91. The quantitative estimate of drug-likeness (QED) is 0.893. The lowest BCUT2D eigenvalue weighted by Crippen LogP contribution is -2.16. The number of benzene rings is 1. The van der Waals surface area contributed by atoms with Crippen LogP contribution in [0.25, 0.3) is 0 Å². The third kappa shape index (κ3) is 3.42. The first-order valence-electron chi connectivity index (χ1n) is 6.89. The highest BCUT2D eigenvalue weighted by atomic mass is 79.9. The fourth-order valence-corrected chi connectivity index (χ4v) is 2.99. The Morgan fingerprint density at radius 1 is 1.37 bits per heavy atom. The van der Waals surface area contributed by atoms with E-state index in [4.69, 9.17) is 15.2 Å². The van der Waals surface area contributed by atoms with Gasteiger partial charge in [0.1, 0.15) is 0 Å². The number of ether oxygens (including phenoxy) is 2. The van der Waals surface area contributed by atoms with Crippen LogP contribution in [0.5, 0.6) is 11.5 Å². The Morgan fingerprint density at radius 2 is 2.05 bits per heavy atom. The van der Waals surface area contributed by atoms with Crippen LogP contribution in [0.2, 0.25) is 0 Å². The highest BCUT2D eigenvalue weighted by Crippen LogP contribution is 2.40. The summed E-state index contributed by atoms with van der Waals surface area (Å²) in [6, 6.07) is 4.04. The molecule has 1 aromatic carbocycles. The molecule has 0 bridgehead atoms. The molecule has 19 heavy (non-hydrogen) atoms. The summed E-state index contributed by atoms with van der Waals surface area (Å²) in [7, 11) is 1.68. The summed E-state index contributed by atoms with van der Waals surface area (Å²) >= 11 is 3.52. The van der Waals surface area contributed by atoms with E-state index >= 15 is 0 Å². The molecular weight excluding hydrogens is 306 g/mol. The summed E-state index contributed by atoms with van der Waals surface area (Å²) < 4.78 is 12.7. The Balaban J connectivity index is 2.35. The van der Waals surface area contributed by atoms with Crippen LogP contribution in [-0.4, -0.2) is 19.8 Å². The van der Waals surface area contributed by atoms with Gasteiger partial charge < -0.3 is 15.2 Å². The van der Waals surface area contributed by atoms with Gasteiger partial charge in [0.05, 0.1) is 13.2 Å². The van der Waals surface area contributed by atoms with Crippen molar-refractivity contribution in [1.29, 1.82) is 0 Å². The summed E-state index contributed by atoms with van der Waals surface area (Å²) in [6.07, 6.45) is 5.10. The second-order valence-corrected chi connectivity index (χ2v) is 6.10. The largest absolute Gasteiger partial charge is 0.493 e. The van der Waals surface area contributed by atoms with Crippen molar-refractivity contribution in [2.75, 3.05) is 13.7 Å². The molecule has 2 N–H and O–H groups in total. The number of nitrogens with two attached hydrogens (primary N) is 1. The predicted molar refractivity (Wildman–Crippen MR) is 81.0 cm³/mol. The highest BCUT2D eigenvalue weighted by molar-refractivity contribution is 9.10. The Labute approximate surface area is 123 Å². The molecule has 1 unspecified atom stereocenters. The number of methoxy groups -OCH3 is 1. The lowest BCUT2D eigenvalue weighted by Gasteiger charge is -2.22. The monoisotopic (exact) mass is 327 g/mol. The lowest BCUT2D eigenvalue weighted by atomic mass is 9.99. The fraction of sp³-hybridized carbons (Fsp3) is 0.600. The maximum absolute atomic E-state index is 6.21. The van der Waals surface area contributed by atoms with Crippen LogP contribution in [0.15, 0.2) is 16.6 Å². The molecule has 1 aliphatic carbocycles. The Hall–Kier alpha value is -0.740. The van der Waals surface area contributed by atoms with Crippen LogP contribution in [0.4, 0.5) is 0 Å². The zero-order valence-electron chi connectivity index (χ0n) is 11.6. The van der Waals surface area contributed by atoms with Crippen molar-refractivity contribution in [3.8, 4) is 11.5 Å². The van der Waals surface area contributed by atoms with Crippen LogP contribution >= 0.6 is 15.9 Å². The summed E-state index contributed by atoms with van der Waals surface area (Å²) in [4.78, 5) is 0. The zero-order valence-corrected chi connectivity index (χ0v) is 13.2. The summed E-state index contributed by atoms with van der Waals surface area (Å²) in [5.41, 5.74) is 6.94. The third-order valence-electron chi connectivity index (χ3n) is 3.74. The predicted octanol–water partition coefficient (Wildman–Crippen LogP) is 3.84. The molecule has 2 rings (SSSR count). The van der Waals surface area contributed by atoms with Gasteiger partial charge >= 0.3 is 0 Å². The van der Waals surface area contributed by atoms with Crippen LogP contribution in [0, 0.1) is 0 Å². The summed E-state index contributed by atoms with van der Waals surface area (Å²) in [6.45, 7) is 2.71. The van der Waals surface area contributed by atoms with E-state index in [0.29, 0.717) is 12.6 Å². The number of halogens is 1. The number of hydrogen-bond donors (Lipinski definition) is 1. The molecule has 4 heteroatoms. The molecule has 0 radical (unpaired) electrons. The van der Waals surface area contributed by atoms with Crippen molar-refractivity contribution in [3.05, 3.63) is 22.2 Å². The van der Waals surface area contributed by atoms with E-state index in [0.717, 1.165) is 34.4 Å². The minimum atomic E-state index is 0.253. The molecule has 1 aromatic rings. The molecule has 1 atom stereocenters. The lowest BCUT2D eigenvalue weighted by molar-refractivity contribution is 0.198. The third-order valence-corrected chi connectivity index (χ3v) is 4.20. The molecule has 0 saturated heterocycles. The van der Waals surface area contributed by atoms with Gasteiger partial charge in [-0.3, -0.25) is 0 Å². The van der Waals surface area contributed by atoms with Crippen molar-refractivity contribution >= 4 is 15.9 Å². The van der Waals surface area contributed by atoms with Gasteiger partial charge in [0.15, 0.2) is 11.5 Å². The second-order valence-electron chi connectivity index (χ2n) is 5.19. The average molecular weight is 328 g/mol. The number of hydrogen-bond acceptors (Lipinski definition) is 3. The minimum absolute atomic E-state index is 0.253. The first kappa shape index (κ1) is 14.7. The normalized spacial score (nSPS) is 17.5. The van der Waals surface area contributed by atoms with Crippen molar-refractivity contribution in [3.63, 3.8) is 0 Å². The van der Waals surface area contributed by atoms with Gasteiger partial charge in [-0.2, -0.15) is 0 Å². The molecule has 0 aliphatic heterocycles. The summed E-state index contributed by atoms with van der Waals surface area (Å²) in [5, 5.41) is 0.